The molecule has 0 saturated heterocycles. The second kappa shape index (κ2) is 7.50. The van der Waals surface area contributed by atoms with Crippen molar-refractivity contribution in [2.24, 2.45) is 11.3 Å². The maximum Gasteiger partial charge on any atom is 0.226 e. The molecular formula is C25H23F3N2O2. The highest BCUT2D eigenvalue weighted by Gasteiger charge is 2.45. The summed E-state index contributed by atoms with van der Waals surface area (Å²) in [5.41, 5.74) is 1.83. The minimum atomic E-state index is -0.666. The lowest BCUT2D eigenvalue weighted by atomic mass is 9.68. The number of aromatic nitrogens is 1. The molecule has 2 aromatic carbocycles. The second-order valence-electron chi connectivity index (χ2n) is 9.43. The quantitative estimate of drug-likeness (QED) is 0.571. The zero-order chi connectivity index (χ0) is 22.6. The van der Waals surface area contributed by atoms with Crippen LogP contribution in [0.2, 0.25) is 0 Å². The third-order valence-electron chi connectivity index (χ3n) is 6.92. The van der Waals surface area contributed by atoms with Crippen LogP contribution in [0.3, 0.4) is 0 Å². The van der Waals surface area contributed by atoms with Gasteiger partial charge in [0.2, 0.25) is 5.91 Å². The van der Waals surface area contributed by atoms with Gasteiger partial charge in [0.15, 0.2) is 0 Å². The Morgan fingerprint density at radius 2 is 1.78 bits per heavy atom. The number of aromatic amines is 1. The SMILES string of the molecule is CC1(C(=O)NCC2CC(c3c(-c4ccc(F)cc4)[nH]c4c(F)cc(F)cc34)C2)CC(=O)C1. The first-order valence-corrected chi connectivity index (χ1v) is 10.8. The summed E-state index contributed by atoms with van der Waals surface area (Å²) in [4.78, 5) is 26.7. The molecular weight excluding hydrogens is 417 g/mol. The van der Waals surface area contributed by atoms with Gasteiger partial charge in [-0.05, 0) is 73.1 Å². The maximum absolute atomic E-state index is 14.5. The molecule has 5 rings (SSSR count). The molecule has 2 saturated carbocycles. The molecule has 0 radical (unpaired) electrons. The number of Topliss-reactive ketones (excluding diaryl/α,β-unsaturated/α-hetero) is 1. The number of fused-ring (bicyclic) bond motifs is 1. The lowest BCUT2D eigenvalue weighted by Crippen LogP contribution is -2.49. The first-order valence-electron chi connectivity index (χ1n) is 10.8. The van der Waals surface area contributed by atoms with Gasteiger partial charge in [0.25, 0.3) is 0 Å². The summed E-state index contributed by atoms with van der Waals surface area (Å²) in [6.07, 6.45) is 2.10. The van der Waals surface area contributed by atoms with E-state index in [-0.39, 0.29) is 34.9 Å². The molecule has 0 unspecified atom stereocenters. The molecule has 2 N–H and O–H groups in total. The van der Waals surface area contributed by atoms with Crippen molar-refractivity contribution in [1.82, 2.24) is 10.3 Å². The maximum atomic E-state index is 14.5. The van der Waals surface area contributed by atoms with Crippen LogP contribution in [0.1, 0.15) is 44.1 Å². The number of rotatable bonds is 5. The summed E-state index contributed by atoms with van der Waals surface area (Å²) >= 11 is 0. The van der Waals surface area contributed by atoms with Crippen LogP contribution in [0.15, 0.2) is 36.4 Å². The summed E-state index contributed by atoms with van der Waals surface area (Å²) in [6, 6.07) is 8.10. The van der Waals surface area contributed by atoms with Crippen molar-refractivity contribution in [1.29, 1.82) is 0 Å². The van der Waals surface area contributed by atoms with Crippen LogP contribution >= 0.6 is 0 Å². The van der Waals surface area contributed by atoms with E-state index in [1.54, 1.807) is 19.1 Å². The number of carbonyl (C=O) groups is 2. The van der Waals surface area contributed by atoms with Crippen LogP contribution in [-0.4, -0.2) is 23.2 Å². The normalized spacial score (nSPS) is 21.8. The fraction of sp³-hybridized carbons (Fsp3) is 0.360. The molecule has 0 bridgehead atoms. The monoisotopic (exact) mass is 440 g/mol. The Morgan fingerprint density at radius 1 is 1.09 bits per heavy atom. The van der Waals surface area contributed by atoms with E-state index >= 15 is 0 Å². The number of benzene rings is 2. The van der Waals surface area contributed by atoms with E-state index in [0.717, 1.165) is 24.5 Å². The molecule has 2 fully saturated rings. The number of ketones is 1. The van der Waals surface area contributed by atoms with Crippen LogP contribution < -0.4 is 5.32 Å². The minimum absolute atomic E-state index is 0.0628. The predicted molar refractivity (Wildman–Crippen MR) is 114 cm³/mol. The van der Waals surface area contributed by atoms with E-state index in [1.807, 2.05) is 0 Å². The third kappa shape index (κ3) is 3.49. The predicted octanol–water partition coefficient (Wildman–Crippen LogP) is 5.23. The third-order valence-corrected chi connectivity index (χ3v) is 6.92. The fourth-order valence-electron chi connectivity index (χ4n) is 5.08. The molecule has 7 heteroatoms. The summed E-state index contributed by atoms with van der Waals surface area (Å²) in [6.45, 7) is 2.31. The lowest BCUT2D eigenvalue weighted by molar-refractivity contribution is -0.146. The summed E-state index contributed by atoms with van der Waals surface area (Å²) in [5, 5.41) is 3.46. The summed E-state index contributed by atoms with van der Waals surface area (Å²) < 4.78 is 41.9. The molecule has 1 aromatic heterocycles. The van der Waals surface area contributed by atoms with Gasteiger partial charge in [-0.2, -0.15) is 0 Å². The first kappa shape index (κ1) is 20.8. The van der Waals surface area contributed by atoms with Crippen molar-refractivity contribution < 1.29 is 22.8 Å². The second-order valence-corrected chi connectivity index (χ2v) is 9.43. The van der Waals surface area contributed by atoms with Gasteiger partial charge in [0.1, 0.15) is 23.2 Å². The van der Waals surface area contributed by atoms with E-state index in [0.29, 0.717) is 36.0 Å². The van der Waals surface area contributed by atoms with Crippen LogP contribution in [0, 0.1) is 28.8 Å². The van der Waals surface area contributed by atoms with E-state index in [9.17, 15) is 22.8 Å². The highest BCUT2D eigenvalue weighted by molar-refractivity contribution is 5.99. The molecule has 166 valence electrons. The molecule has 3 aromatic rings. The number of amides is 1. The number of halogens is 3. The number of H-pyrrole nitrogens is 1. The zero-order valence-corrected chi connectivity index (χ0v) is 17.6. The van der Waals surface area contributed by atoms with Gasteiger partial charge < -0.3 is 10.3 Å². The Kier molecular flexibility index (Phi) is 4.87. The van der Waals surface area contributed by atoms with Crippen molar-refractivity contribution in [2.45, 2.75) is 38.5 Å². The molecule has 0 aliphatic heterocycles. The summed E-state index contributed by atoms with van der Waals surface area (Å²) in [5.74, 6) is -1.36. The van der Waals surface area contributed by atoms with Gasteiger partial charge >= 0.3 is 0 Å². The van der Waals surface area contributed by atoms with E-state index in [1.165, 1.54) is 18.2 Å². The summed E-state index contributed by atoms with van der Waals surface area (Å²) in [7, 11) is 0. The molecule has 0 atom stereocenters. The van der Waals surface area contributed by atoms with Gasteiger partial charge in [-0.15, -0.1) is 0 Å². The standard InChI is InChI=1S/C25H23F3N2O2/c1-25(10-18(31)11-25)24(32)29-12-13-6-15(7-13)21-19-8-17(27)9-20(28)23(19)30-22(21)14-2-4-16(26)5-3-14/h2-5,8-9,13,15,30H,6-7,10-12H2,1H3,(H,29,32). The van der Waals surface area contributed by atoms with Crippen LogP contribution in [-0.2, 0) is 9.59 Å². The van der Waals surface area contributed by atoms with Crippen LogP contribution in [0.25, 0.3) is 22.2 Å². The van der Waals surface area contributed by atoms with Crippen molar-refractivity contribution in [3.05, 3.63) is 59.4 Å². The van der Waals surface area contributed by atoms with Gasteiger partial charge in [-0.25, -0.2) is 13.2 Å². The Balaban J connectivity index is 1.37. The Morgan fingerprint density at radius 3 is 2.44 bits per heavy atom. The number of hydrogen-bond acceptors (Lipinski definition) is 2. The van der Waals surface area contributed by atoms with E-state index in [2.05, 4.69) is 10.3 Å². The molecule has 0 spiro atoms. The molecule has 4 nitrogen and oxygen atoms in total. The van der Waals surface area contributed by atoms with Gasteiger partial charge in [-0.3, -0.25) is 9.59 Å². The smallest absolute Gasteiger partial charge is 0.226 e. The number of nitrogens with one attached hydrogen (secondary N) is 2. The van der Waals surface area contributed by atoms with Crippen molar-refractivity contribution in [3.8, 4) is 11.3 Å². The van der Waals surface area contributed by atoms with Crippen molar-refractivity contribution >= 4 is 22.6 Å². The van der Waals surface area contributed by atoms with Gasteiger partial charge in [-0.1, -0.05) is 0 Å². The molecule has 2 aliphatic carbocycles. The van der Waals surface area contributed by atoms with Crippen molar-refractivity contribution in [2.75, 3.05) is 6.54 Å². The fourth-order valence-corrected chi connectivity index (χ4v) is 5.08. The average molecular weight is 440 g/mol. The van der Waals surface area contributed by atoms with E-state index < -0.39 is 17.0 Å². The highest BCUT2D eigenvalue weighted by atomic mass is 19.1. The minimum Gasteiger partial charge on any atom is -0.355 e. The first-order chi connectivity index (χ1) is 15.2. The van der Waals surface area contributed by atoms with E-state index in [4.69, 9.17) is 0 Å². The largest absolute Gasteiger partial charge is 0.355 e. The highest BCUT2D eigenvalue weighted by Crippen LogP contribution is 2.48. The Bertz CT molecular complexity index is 1220. The number of hydrogen-bond donors (Lipinski definition) is 2. The Hall–Kier alpha value is -3.09. The van der Waals surface area contributed by atoms with Crippen LogP contribution in [0.5, 0.6) is 0 Å². The van der Waals surface area contributed by atoms with Crippen molar-refractivity contribution in [3.63, 3.8) is 0 Å². The van der Waals surface area contributed by atoms with Crippen LogP contribution in [0.4, 0.5) is 13.2 Å². The Labute approximate surface area is 183 Å². The topological polar surface area (TPSA) is 62.0 Å². The molecule has 1 heterocycles. The lowest BCUT2D eigenvalue weighted by Gasteiger charge is -2.39. The van der Waals surface area contributed by atoms with Gasteiger partial charge in [0, 0.05) is 30.8 Å². The molecule has 32 heavy (non-hydrogen) atoms. The van der Waals surface area contributed by atoms with Gasteiger partial charge in [0.05, 0.1) is 16.6 Å². The zero-order valence-electron chi connectivity index (χ0n) is 17.6. The number of carbonyl (C=O) groups excluding carboxylic acids is 2. The molecule has 2 aliphatic rings. The molecule has 1 amide bonds. The average Bonchev–Trinajstić information content (AvgIpc) is 3.05.